The third-order valence-electron chi connectivity index (χ3n) is 5.08. The lowest BCUT2D eigenvalue weighted by Crippen LogP contribution is -2.35. The smallest absolute Gasteiger partial charge is 0.291 e. The van der Waals surface area contributed by atoms with Crippen LogP contribution in [0.25, 0.3) is 0 Å². The van der Waals surface area contributed by atoms with E-state index in [0.29, 0.717) is 5.75 Å². The van der Waals surface area contributed by atoms with E-state index in [1.165, 1.54) is 4.90 Å². The van der Waals surface area contributed by atoms with Gasteiger partial charge in [-0.2, -0.15) is 0 Å². The van der Waals surface area contributed by atoms with Gasteiger partial charge in [-0.3, -0.25) is 14.4 Å². The maximum absolute atomic E-state index is 13.1. The van der Waals surface area contributed by atoms with E-state index in [-0.39, 0.29) is 12.3 Å². The molecule has 2 atom stereocenters. The fourth-order valence-electron chi connectivity index (χ4n) is 3.58. The highest BCUT2D eigenvalue weighted by atomic mass is 16.5. The Balaban J connectivity index is 2.06. The fourth-order valence-corrected chi connectivity index (χ4v) is 3.58. The van der Waals surface area contributed by atoms with Crippen molar-refractivity contribution in [3.8, 4) is 5.75 Å². The first-order valence-corrected chi connectivity index (χ1v) is 9.31. The molecule has 0 aliphatic carbocycles. The molecule has 0 spiro atoms. The standard InChI is InChI=1S/C23H25NO4/c1-23(2,3)21(26)18-19(16-10-12-17(28-4)13-11-16)24(22(27)20(18)25)14-15-8-6-5-7-9-15/h5-13,18-19H,14H2,1-4H3. The number of Topliss-reactive ketones (excluding diaryl/α,β-unsaturated/α-hetero) is 2. The highest BCUT2D eigenvalue weighted by Gasteiger charge is 2.53. The van der Waals surface area contributed by atoms with Crippen LogP contribution in [0, 0.1) is 11.3 Å². The Morgan fingerprint density at radius 1 is 1.00 bits per heavy atom. The van der Waals surface area contributed by atoms with Gasteiger partial charge in [-0.25, -0.2) is 0 Å². The minimum atomic E-state index is -1.01. The third kappa shape index (κ3) is 3.70. The maximum Gasteiger partial charge on any atom is 0.291 e. The van der Waals surface area contributed by atoms with Crippen LogP contribution in [0.1, 0.15) is 37.9 Å². The molecule has 0 saturated carbocycles. The normalized spacial score (nSPS) is 19.8. The number of rotatable bonds is 5. The largest absolute Gasteiger partial charge is 0.497 e. The number of hydrogen-bond donors (Lipinski definition) is 0. The van der Waals surface area contributed by atoms with Gasteiger partial charge in [0.25, 0.3) is 5.91 Å². The lowest BCUT2D eigenvalue weighted by molar-refractivity contribution is -0.143. The number of amides is 1. The molecule has 0 aromatic heterocycles. The average Bonchev–Trinajstić information content (AvgIpc) is 2.92. The summed E-state index contributed by atoms with van der Waals surface area (Å²) in [5.74, 6) is -1.79. The SMILES string of the molecule is COc1ccc(C2C(C(=O)C(C)(C)C)C(=O)C(=O)N2Cc2ccccc2)cc1. The van der Waals surface area contributed by atoms with E-state index in [4.69, 9.17) is 4.74 Å². The first kappa shape index (κ1) is 19.8. The molecule has 1 amide bonds. The number of nitrogens with zero attached hydrogens (tertiary/aromatic N) is 1. The van der Waals surface area contributed by atoms with Crippen molar-refractivity contribution in [1.29, 1.82) is 0 Å². The van der Waals surface area contributed by atoms with E-state index in [1.54, 1.807) is 40.0 Å². The van der Waals surface area contributed by atoms with Gasteiger partial charge < -0.3 is 9.64 Å². The second-order valence-electron chi connectivity index (χ2n) is 8.09. The first-order chi connectivity index (χ1) is 13.2. The lowest BCUT2D eigenvalue weighted by atomic mass is 9.77. The molecule has 5 nitrogen and oxygen atoms in total. The molecule has 0 bridgehead atoms. The Morgan fingerprint density at radius 2 is 1.61 bits per heavy atom. The number of likely N-dealkylation sites (tertiary alicyclic amines) is 1. The minimum absolute atomic E-state index is 0.220. The van der Waals surface area contributed by atoms with Crippen molar-refractivity contribution in [3.63, 3.8) is 0 Å². The zero-order valence-electron chi connectivity index (χ0n) is 16.6. The van der Waals surface area contributed by atoms with Crippen molar-refractivity contribution in [3.05, 3.63) is 65.7 Å². The van der Waals surface area contributed by atoms with Crippen LogP contribution in [0.5, 0.6) is 5.75 Å². The van der Waals surface area contributed by atoms with Gasteiger partial charge in [0.15, 0.2) is 5.78 Å². The van der Waals surface area contributed by atoms with Crippen molar-refractivity contribution < 1.29 is 19.1 Å². The summed E-state index contributed by atoms with van der Waals surface area (Å²) in [4.78, 5) is 40.3. The van der Waals surface area contributed by atoms with E-state index >= 15 is 0 Å². The fraction of sp³-hybridized carbons (Fsp3) is 0.348. The van der Waals surface area contributed by atoms with Gasteiger partial charge in [0.1, 0.15) is 11.7 Å². The van der Waals surface area contributed by atoms with Gasteiger partial charge in [-0.05, 0) is 23.3 Å². The number of hydrogen-bond acceptors (Lipinski definition) is 4. The van der Waals surface area contributed by atoms with Crippen LogP contribution >= 0.6 is 0 Å². The molecule has 3 rings (SSSR count). The zero-order chi connectivity index (χ0) is 20.5. The predicted octanol–water partition coefficient (Wildman–Crippen LogP) is 3.58. The number of ether oxygens (including phenoxy) is 1. The van der Waals surface area contributed by atoms with Crippen LogP contribution in [0.2, 0.25) is 0 Å². The number of carbonyl (C=O) groups is 3. The monoisotopic (exact) mass is 379 g/mol. The summed E-state index contributed by atoms with van der Waals surface area (Å²) in [5.41, 5.74) is 0.929. The van der Waals surface area contributed by atoms with Gasteiger partial charge in [0.2, 0.25) is 5.78 Å². The van der Waals surface area contributed by atoms with Crippen LogP contribution in [0.15, 0.2) is 54.6 Å². The summed E-state index contributed by atoms with van der Waals surface area (Å²) in [7, 11) is 1.57. The maximum atomic E-state index is 13.1. The van der Waals surface area contributed by atoms with Crippen LogP contribution in [-0.4, -0.2) is 29.5 Å². The Morgan fingerprint density at radius 3 is 2.14 bits per heavy atom. The second kappa shape index (κ2) is 7.58. The number of carbonyl (C=O) groups excluding carboxylic acids is 3. The molecule has 2 aromatic rings. The van der Waals surface area contributed by atoms with Crippen LogP contribution in [0.4, 0.5) is 0 Å². The van der Waals surface area contributed by atoms with Gasteiger partial charge in [0.05, 0.1) is 13.2 Å². The topological polar surface area (TPSA) is 63.7 Å². The van der Waals surface area contributed by atoms with Gasteiger partial charge in [0, 0.05) is 12.0 Å². The molecule has 1 aliphatic rings. The highest BCUT2D eigenvalue weighted by molar-refractivity contribution is 6.43. The zero-order valence-corrected chi connectivity index (χ0v) is 16.6. The summed E-state index contributed by atoms with van der Waals surface area (Å²) in [6.45, 7) is 5.60. The van der Waals surface area contributed by atoms with Crippen LogP contribution in [-0.2, 0) is 20.9 Å². The van der Waals surface area contributed by atoms with E-state index in [9.17, 15) is 14.4 Å². The van der Waals surface area contributed by atoms with Crippen molar-refractivity contribution in [2.24, 2.45) is 11.3 Å². The summed E-state index contributed by atoms with van der Waals surface area (Å²) in [6, 6.07) is 16.0. The van der Waals surface area contributed by atoms with Gasteiger partial charge in [-0.15, -0.1) is 0 Å². The molecule has 1 heterocycles. The molecule has 1 fully saturated rings. The molecule has 1 aliphatic heterocycles. The van der Waals surface area contributed by atoms with E-state index in [2.05, 4.69) is 0 Å². The van der Waals surface area contributed by atoms with Gasteiger partial charge >= 0.3 is 0 Å². The van der Waals surface area contributed by atoms with Crippen LogP contribution < -0.4 is 4.74 Å². The quantitative estimate of drug-likeness (QED) is 0.588. The highest BCUT2D eigenvalue weighted by Crippen LogP contribution is 2.41. The first-order valence-electron chi connectivity index (χ1n) is 9.31. The summed E-state index contributed by atoms with van der Waals surface area (Å²) < 4.78 is 5.21. The number of ketones is 2. The molecule has 2 unspecified atom stereocenters. The van der Waals surface area contributed by atoms with E-state index < -0.39 is 29.1 Å². The number of methoxy groups -OCH3 is 1. The molecular weight excluding hydrogens is 354 g/mol. The van der Waals surface area contributed by atoms with Crippen molar-refractivity contribution in [2.75, 3.05) is 7.11 Å². The Hall–Kier alpha value is -2.95. The molecule has 5 heteroatoms. The lowest BCUT2D eigenvalue weighted by Gasteiger charge is -2.30. The van der Waals surface area contributed by atoms with Crippen LogP contribution in [0.3, 0.4) is 0 Å². The molecule has 0 N–H and O–H groups in total. The molecular formula is C23H25NO4. The molecule has 28 heavy (non-hydrogen) atoms. The summed E-state index contributed by atoms with van der Waals surface area (Å²) in [6.07, 6.45) is 0. The van der Waals surface area contributed by atoms with Crippen molar-refractivity contribution in [1.82, 2.24) is 4.90 Å². The van der Waals surface area contributed by atoms with E-state index in [1.807, 2.05) is 42.5 Å². The van der Waals surface area contributed by atoms with E-state index in [0.717, 1.165) is 11.1 Å². The average molecular weight is 379 g/mol. The Bertz CT molecular complexity index is 881. The summed E-state index contributed by atoms with van der Waals surface area (Å²) >= 11 is 0. The molecule has 2 aromatic carbocycles. The Kier molecular flexibility index (Phi) is 5.36. The van der Waals surface area contributed by atoms with Gasteiger partial charge in [-0.1, -0.05) is 63.2 Å². The Labute approximate surface area is 165 Å². The summed E-state index contributed by atoms with van der Waals surface area (Å²) in [5, 5.41) is 0. The number of benzene rings is 2. The van der Waals surface area contributed by atoms with Crippen molar-refractivity contribution >= 4 is 17.5 Å². The molecule has 1 saturated heterocycles. The second-order valence-corrected chi connectivity index (χ2v) is 8.09. The third-order valence-corrected chi connectivity index (χ3v) is 5.08. The minimum Gasteiger partial charge on any atom is -0.497 e. The molecule has 146 valence electrons. The van der Waals surface area contributed by atoms with Crippen molar-refractivity contribution in [2.45, 2.75) is 33.4 Å². The predicted molar refractivity (Wildman–Crippen MR) is 106 cm³/mol. The molecule has 0 radical (unpaired) electrons.